The second-order valence-corrected chi connectivity index (χ2v) is 7.50. The summed E-state index contributed by atoms with van der Waals surface area (Å²) in [7, 11) is -2.04. The summed E-state index contributed by atoms with van der Waals surface area (Å²) in [5.41, 5.74) is 0.592. The molecular weight excluding hydrogens is 278 g/mol. The van der Waals surface area contributed by atoms with Gasteiger partial charge in [0.15, 0.2) is 0 Å². The van der Waals surface area contributed by atoms with Gasteiger partial charge >= 0.3 is 0 Å². The number of nitrogens with one attached hydrogen (secondary N) is 1. The second-order valence-electron chi connectivity index (χ2n) is 5.81. The molecule has 0 saturated heterocycles. The van der Waals surface area contributed by atoms with Crippen molar-refractivity contribution in [1.82, 2.24) is 4.72 Å². The molecule has 1 atom stereocenters. The van der Waals surface area contributed by atoms with Crippen LogP contribution >= 0.6 is 0 Å². The van der Waals surface area contributed by atoms with E-state index >= 15 is 0 Å². The predicted octanol–water partition coefficient (Wildman–Crippen LogP) is 1.31. The molecule has 0 amide bonds. The number of rotatable bonds is 6. The van der Waals surface area contributed by atoms with Crippen LogP contribution in [0.4, 0.5) is 0 Å². The lowest BCUT2D eigenvalue weighted by Crippen LogP contribution is -2.29. The van der Waals surface area contributed by atoms with E-state index in [-0.39, 0.29) is 29.4 Å². The maximum absolute atomic E-state index is 12.4. The van der Waals surface area contributed by atoms with Crippen molar-refractivity contribution in [2.45, 2.75) is 37.6 Å². The fourth-order valence-corrected chi connectivity index (χ4v) is 3.84. The first-order chi connectivity index (χ1) is 9.30. The molecule has 0 heterocycles. The van der Waals surface area contributed by atoms with Crippen LogP contribution in [0.3, 0.4) is 0 Å². The van der Waals surface area contributed by atoms with Crippen LogP contribution in [0.2, 0.25) is 0 Å². The van der Waals surface area contributed by atoms with Crippen LogP contribution in [-0.2, 0) is 16.4 Å². The van der Waals surface area contributed by atoms with E-state index in [1.807, 2.05) is 13.8 Å². The maximum Gasteiger partial charge on any atom is 0.241 e. The molecule has 2 N–H and O–H groups in total. The van der Waals surface area contributed by atoms with E-state index in [1.165, 1.54) is 13.2 Å². The predicted molar refractivity (Wildman–Crippen MR) is 76.3 cm³/mol. The molecule has 0 aromatic heterocycles. The van der Waals surface area contributed by atoms with Gasteiger partial charge in [-0.2, -0.15) is 0 Å². The lowest BCUT2D eigenvalue weighted by Gasteiger charge is -2.13. The number of ether oxygens (including phenoxy) is 1. The summed E-state index contributed by atoms with van der Waals surface area (Å²) >= 11 is 0. The highest BCUT2D eigenvalue weighted by molar-refractivity contribution is 7.89. The molecule has 1 saturated carbocycles. The fourth-order valence-electron chi connectivity index (χ4n) is 2.18. The minimum absolute atomic E-state index is 0.0171. The molecule has 6 heteroatoms. The highest BCUT2D eigenvalue weighted by Crippen LogP contribution is 2.45. The van der Waals surface area contributed by atoms with Gasteiger partial charge in [-0.1, -0.05) is 13.8 Å². The van der Waals surface area contributed by atoms with E-state index in [1.54, 1.807) is 12.1 Å². The van der Waals surface area contributed by atoms with Gasteiger partial charge in [0.25, 0.3) is 0 Å². The van der Waals surface area contributed by atoms with Crippen molar-refractivity contribution in [2.24, 2.45) is 5.41 Å². The molecule has 0 radical (unpaired) electrons. The van der Waals surface area contributed by atoms with Gasteiger partial charge < -0.3 is 9.84 Å². The van der Waals surface area contributed by atoms with Gasteiger partial charge in [0.1, 0.15) is 5.75 Å². The van der Waals surface area contributed by atoms with Crippen molar-refractivity contribution in [1.29, 1.82) is 0 Å². The summed E-state index contributed by atoms with van der Waals surface area (Å²) < 4.78 is 32.7. The van der Waals surface area contributed by atoms with Gasteiger partial charge in [0.05, 0.1) is 12.0 Å². The Hall–Kier alpha value is -1.11. The quantitative estimate of drug-likeness (QED) is 0.830. The smallest absolute Gasteiger partial charge is 0.241 e. The summed E-state index contributed by atoms with van der Waals surface area (Å²) in [5, 5.41) is 9.09. The molecule has 1 aliphatic carbocycles. The van der Waals surface area contributed by atoms with Crippen molar-refractivity contribution >= 4 is 10.0 Å². The summed E-state index contributed by atoms with van der Waals surface area (Å²) in [4.78, 5) is 0.218. The van der Waals surface area contributed by atoms with E-state index < -0.39 is 10.0 Å². The summed E-state index contributed by atoms with van der Waals surface area (Å²) in [6.07, 6.45) is 1.12. The van der Waals surface area contributed by atoms with Crippen LogP contribution in [-0.4, -0.2) is 33.3 Å². The maximum atomic E-state index is 12.4. The number of aliphatic hydroxyl groups is 1. The Kier molecular flexibility index (Phi) is 4.09. The van der Waals surface area contributed by atoms with E-state index in [0.29, 0.717) is 11.3 Å². The third-order valence-corrected chi connectivity index (χ3v) is 5.32. The molecule has 0 bridgehead atoms. The van der Waals surface area contributed by atoms with Crippen molar-refractivity contribution in [3.63, 3.8) is 0 Å². The average Bonchev–Trinajstić information content (AvgIpc) is 2.95. The first-order valence-electron chi connectivity index (χ1n) is 6.60. The topological polar surface area (TPSA) is 75.6 Å². The Balaban J connectivity index is 2.30. The highest BCUT2D eigenvalue weighted by Gasteiger charge is 2.48. The molecule has 1 fully saturated rings. The number of hydrogen-bond donors (Lipinski definition) is 2. The third-order valence-electron chi connectivity index (χ3n) is 3.75. The molecule has 1 aromatic carbocycles. The standard InChI is InChI=1S/C14H21NO4S/c1-14(2)9-13(14)15-20(17,18)12-5-4-11(19-3)8-10(12)6-7-16/h4-5,8,13,15-16H,6-7,9H2,1-3H3. The van der Waals surface area contributed by atoms with E-state index in [2.05, 4.69) is 4.72 Å². The summed E-state index contributed by atoms with van der Waals surface area (Å²) in [6, 6.07) is 4.79. The van der Waals surface area contributed by atoms with E-state index in [0.717, 1.165) is 6.42 Å². The molecule has 1 aromatic rings. The first kappa shape index (κ1) is 15.3. The molecular formula is C14H21NO4S. The average molecular weight is 299 g/mol. The SMILES string of the molecule is COc1ccc(S(=O)(=O)NC2CC2(C)C)c(CCO)c1. The molecule has 1 aliphatic rings. The van der Waals surface area contributed by atoms with E-state index in [4.69, 9.17) is 9.84 Å². The van der Waals surface area contributed by atoms with Gasteiger partial charge in [-0.3, -0.25) is 0 Å². The van der Waals surface area contributed by atoms with Crippen LogP contribution in [0.1, 0.15) is 25.8 Å². The minimum Gasteiger partial charge on any atom is -0.497 e. The zero-order chi connectivity index (χ0) is 15.0. The van der Waals surface area contributed by atoms with Crippen molar-refractivity contribution in [2.75, 3.05) is 13.7 Å². The monoisotopic (exact) mass is 299 g/mol. The van der Waals surface area contributed by atoms with Gasteiger partial charge in [0, 0.05) is 12.6 Å². The Morgan fingerprint density at radius 3 is 2.60 bits per heavy atom. The van der Waals surface area contributed by atoms with Crippen LogP contribution < -0.4 is 9.46 Å². The van der Waals surface area contributed by atoms with Gasteiger partial charge in [-0.05, 0) is 42.0 Å². The van der Waals surface area contributed by atoms with Crippen LogP contribution in [0.15, 0.2) is 23.1 Å². The van der Waals surface area contributed by atoms with E-state index in [9.17, 15) is 8.42 Å². The number of aliphatic hydroxyl groups excluding tert-OH is 1. The normalized spacial score (nSPS) is 20.7. The Labute approximate surface area is 120 Å². The van der Waals surface area contributed by atoms with Crippen LogP contribution in [0.25, 0.3) is 0 Å². The van der Waals surface area contributed by atoms with Gasteiger partial charge in [-0.15, -0.1) is 0 Å². The largest absolute Gasteiger partial charge is 0.497 e. The zero-order valence-electron chi connectivity index (χ0n) is 12.0. The highest BCUT2D eigenvalue weighted by atomic mass is 32.2. The molecule has 2 rings (SSSR count). The lowest BCUT2D eigenvalue weighted by molar-refractivity contribution is 0.298. The van der Waals surface area contributed by atoms with Crippen molar-refractivity contribution in [3.8, 4) is 5.75 Å². The van der Waals surface area contributed by atoms with Crippen molar-refractivity contribution < 1.29 is 18.3 Å². The molecule has 20 heavy (non-hydrogen) atoms. The number of sulfonamides is 1. The molecule has 5 nitrogen and oxygen atoms in total. The Morgan fingerprint density at radius 2 is 2.10 bits per heavy atom. The summed E-state index contributed by atoms with van der Waals surface area (Å²) in [5.74, 6) is 0.583. The number of benzene rings is 1. The molecule has 1 unspecified atom stereocenters. The lowest BCUT2D eigenvalue weighted by atomic mass is 10.1. The van der Waals surface area contributed by atoms with Gasteiger partial charge in [-0.25, -0.2) is 13.1 Å². The Morgan fingerprint density at radius 1 is 1.45 bits per heavy atom. The summed E-state index contributed by atoms with van der Waals surface area (Å²) in [6.45, 7) is 3.95. The number of hydrogen-bond acceptors (Lipinski definition) is 4. The third kappa shape index (κ3) is 3.13. The fraction of sp³-hybridized carbons (Fsp3) is 0.571. The number of methoxy groups -OCH3 is 1. The zero-order valence-corrected chi connectivity index (χ0v) is 12.8. The molecule has 112 valence electrons. The molecule has 0 spiro atoms. The minimum atomic E-state index is -3.56. The van der Waals surface area contributed by atoms with Crippen LogP contribution in [0.5, 0.6) is 5.75 Å². The first-order valence-corrected chi connectivity index (χ1v) is 8.08. The Bertz CT molecular complexity index is 595. The van der Waals surface area contributed by atoms with Crippen molar-refractivity contribution in [3.05, 3.63) is 23.8 Å². The van der Waals surface area contributed by atoms with Gasteiger partial charge in [0.2, 0.25) is 10.0 Å². The molecule has 0 aliphatic heterocycles. The second kappa shape index (κ2) is 5.35. The van der Waals surface area contributed by atoms with Crippen LogP contribution in [0, 0.1) is 5.41 Å².